The van der Waals surface area contributed by atoms with E-state index in [1.807, 2.05) is 6.92 Å². The third-order valence-corrected chi connectivity index (χ3v) is 6.71. The number of hydrogen-bond acceptors (Lipinski definition) is 4. The molecule has 0 unspecified atom stereocenters. The quantitative estimate of drug-likeness (QED) is 0.790. The number of carbonyl (C=O) groups excluding carboxylic acids is 1. The Bertz CT molecular complexity index is 988. The summed E-state index contributed by atoms with van der Waals surface area (Å²) in [5, 5.41) is 3.44. The van der Waals surface area contributed by atoms with Crippen LogP contribution < -0.4 is 14.4 Å². The van der Waals surface area contributed by atoms with Crippen molar-refractivity contribution in [2.24, 2.45) is 0 Å². The van der Waals surface area contributed by atoms with Crippen molar-refractivity contribution >= 4 is 38.9 Å². The number of sulfonamides is 1. The Morgan fingerprint density at radius 3 is 2.46 bits per heavy atom. The summed E-state index contributed by atoms with van der Waals surface area (Å²) in [6.45, 7) is 5.64. The van der Waals surface area contributed by atoms with Crippen molar-refractivity contribution in [3.05, 3.63) is 53.1 Å². The first kappa shape index (κ1) is 20.5. The second-order valence-corrected chi connectivity index (χ2v) is 9.71. The van der Waals surface area contributed by atoms with Crippen LogP contribution in [0.4, 0.5) is 11.4 Å². The van der Waals surface area contributed by atoms with Crippen LogP contribution in [0, 0.1) is 6.92 Å². The number of benzene rings is 2. The first-order chi connectivity index (χ1) is 13.1. The summed E-state index contributed by atoms with van der Waals surface area (Å²) in [6.07, 6.45) is 0.597. The number of rotatable bonds is 5. The molecule has 6 nitrogen and oxygen atoms in total. The maximum Gasteiger partial charge on any atom is 0.267 e. The van der Waals surface area contributed by atoms with Crippen LogP contribution in [0.15, 0.2) is 42.5 Å². The van der Waals surface area contributed by atoms with E-state index in [2.05, 4.69) is 5.32 Å². The fourth-order valence-electron chi connectivity index (χ4n) is 2.95. The predicted octanol–water partition coefficient (Wildman–Crippen LogP) is 3.98. The number of nitrogens with zero attached hydrogens (tertiary/aromatic N) is 1. The molecule has 0 aliphatic carbocycles. The Kier molecular flexibility index (Phi) is 5.59. The van der Waals surface area contributed by atoms with Gasteiger partial charge >= 0.3 is 0 Å². The highest BCUT2D eigenvalue weighted by Crippen LogP contribution is 2.29. The molecule has 150 valence electrons. The summed E-state index contributed by atoms with van der Waals surface area (Å²) < 4.78 is 31.6. The largest absolute Gasteiger partial charge is 0.478 e. The van der Waals surface area contributed by atoms with E-state index in [4.69, 9.17) is 16.3 Å². The lowest BCUT2D eigenvalue weighted by Gasteiger charge is -2.26. The molecule has 0 radical (unpaired) electrons. The maximum absolute atomic E-state index is 12.8. The molecule has 8 heteroatoms. The monoisotopic (exact) mass is 422 g/mol. The highest BCUT2D eigenvalue weighted by molar-refractivity contribution is 7.93. The molecule has 1 amide bonds. The predicted molar refractivity (Wildman–Crippen MR) is 112 cm³/mol. The molecular formula is C20H23ClN2O4S. The van der Waals surface area contributed by atoms with Gasteiger partial charge in [0, 0.05) is 17.3 Å². The number of carbonyl (C=O) groups is 1. The minimum atomic E-state index is -3.29. The zero-order valence-electron chi connectivity index (χ0n) is 16.0. The average Bonchev–Trinajstić information content (AvgIpc) is 2.98. The molecule has 0 aromatic heterocycles. The summed E-state index contributed by atoms with van der Waals surface area (Å²) in [5.74, 6) is 0.329. The third-order valence-electron chi connectivity index (χ3n) is 4.59. The fraction of sp³-hybridized carbons (Fsp3) is 0.350. The molecule has 28 heavy (non-hydrogen) atoms. The van der Waals surface area contributed by atoms with Gasteiger partial charge in [0.25, 0.3) is 5.91 Å². The molecule has 2 aromatic rings. The number of halogens is 1. The van der Waals surface area contributed by atoms with Crippen LogP contribution >= 0.6 is 11.6 Å². The van der Waals surface area contributed by atoms with Crippen LogP contribution in [-0.2, 0) is 14.8 Å². The summed E-state index contributed by atoms with van der Waals surface area (Å²) >= 11 is 5.88. The molecule has 0 bridgehead atoms. The van der Waals surface area contributed by atoms with Crippen molar-refractivity contribution in [3.8, 4) is 5.75 Å². The fourth-order valence-corrected chi connectivity index (χ4v) is 4.63. The lowest BCUT2D eigenvalue weighted by atomic mass is 10.1. The standard InChI is InChI=1S/C20H23ClN2O4S/c1-14-5-8-16(23-11-4-12-28(23,25)26)13-18(14)22-19(24)20(2,3)27-17-9-6-15(21)7-10-17/h5-10,13H,4,11-12H2,1-3H3,(H,22,24). The Morgan fingerprint density at radius 2 is 1.86 bits per heavy atom. The van der Waals surface area contributed by atoms with E-state index in [9.17, 15) is 13.2 Å². The molecule has 1 aliphatic heterocycles. The van der Waals surface area contributed by atoms with Gasteiger partial charge in [0.15, 0.2) is 5.60 Å². The Hall–Kier alpha value is -2.25. The van der Waals surface area contributed by atoms with E-state index in [1.54, 1.807) is 56.3 Å². The molecule has 1 N–H and O–H groups in total. The van der Waals surface area contributed by atoms with Gasteiger partial charge in [-0.3, -0.25) is 9.10 Å². The van der Waals surface area contributed by atoms with Crippen molar-refractivity contribution < 1.29 is 17.9 Å². The van der Waals surface area contributed by atoms with Crippen molar-refractivity contribution in [2.75, 3.05) is 21.9 Å². The van der Waals surface area contributed by atoms with E-state index in [0.717, 1.165) is 5.56 Å². The van der Waals surface area contributed by atoms with E-state index in [1.165, 1.54) is 4.31 Å². The Morgan fingerprint density at radius 1 is 1.18 bits per heavy atom. The second-order valence-electron chi connectivity index (χ2n) is 7.26. The van der Waals surface area contributed by atoms with Crippen LogP contribution in [0.3, 0.4) is 0 Å². The third kappa shape index (κ3) is 4.42. The SMILES string of the molecule is Cc1ccc(N2CCCS2(=O)=O)cc1NC(=O)C(C)(C)Oc1ccc(Cl)cc1. The minimum absolute atomic E-state index is 0.143. The van der Waals surface area contributed by atoms with Crippen molar-refractivity contribution in [2.45, 2.75) is 32.8 Å². The van der Waals surface area contributed by atoms with Crippen LogP contribution in [-0.4, -0.2) is 32.2 Å². The number of anilines is 2. The maximum atomic E-state index is 12.8. The number of aryl methyl sites for hydroxylation is 1. The van der Waals surface area contributed by atoms with E-state index < -0.39 is 15.6 Å². The van der Waals surface area contributed by atoms with Crippen molar-refractivity contribution in [3.63, 3.8) is 0 Å². The molecule has 1 aliphatic rings. The van der Waals surface area contributed by atoms with Gasteiger partial charge < -0.3 is 10.1 Å². The van der Waals surface area contributed by atoms with Crippen LogP contribution in [0.5, 0.6) is 5.75 Å². The molecule has 1 fully saturated rings. The normalized spacial score (nSPS) is 16.1. The van der Waals surface area contributed by atoms with Crippen molar-refractivity contribution in [1.82, 2.24) is 0 Å². The van der Waals surface area contributed by atoms with Crippen LogP contribution in [0.1, 0.15) is 25.8 Å². The second kappa shape index (κ2) is 7.64. The van der Waals surface area contributed by atoms with Gasteiger partial charge in [0.05, 0.1) is 11.4 Å². The summed E-state index contributed by atoms with van der Waals surface area (Å²) in [4.78, 5) is 12.8. The molecule has 0 saturated carbocycles. The lowest BCUT2D eigenvalue weighted by molar-refractivity contribution is -0.128. The zero-order valence-corrected chi connectivity index (χ0v) is 17.6. The highest BCUT2D eigenvalue weighted by Gasteiger charge is 2.32. The van der Waals surface area contributed by atoms with Gasteiger partial charge in [-0.15, -0.1) is 0 Å². The van der Waals surface area contributed by atoms with Gasteiger partial charge in [-0.2, -0.15) is 0 Å². The number of hydrogen-bond donors (Lipinski definition) is 1. The average molecular weight is 423 g/mol. The van der Waals surface area contributed by atoms with Gasteiger partial charge in [0.1, 0.15) is 5.75 Å². The van der Waals surface area contributed by atoms with Gasteiger partial charge in [0.2, 0.25) is 10.0 Å². The molecule has 3 rings (SSSR count). The summed E-state index contributed by atoms with van der Waals surface area (Å²) in [7, 11) is -3.29. The topological polar surface area (TPSA) is 75.7 Å². The molecule has 0 atom stereocenters. The van der Waals surface area contributed by atoms with E-state index in [-0.39, 0.29) is 11.7 Å². The molecular weight excluding hydrogens is 400 g/mol. The first-order valence-corrected chi connectivity index (χ1v) is 10.9. The van der Waals surface area contributed by atoms with Gasteiger partial charge in [-0.05, 0) is 69.2 Å². The highest BCUT2D eigenvalue weighted by atomic mass is 35.5. The van der Waals surface area contributed by atoms with E-state index in [0.29, 0.717) is 35.1 Å². The van der Waals surface area contributed by atoms with Crippen molar-refractivity contribution in [1.29, 1.82) is 0 Å². The molecule has 2 aromatic carbocycles. The molecule has 1 heterocycles. The number of nitrogens with one attached hydrogen (secondary N) is 1. The zero-order chi connectivity index (χ0) is 20.5. The number of amides is 1. The lowest BCUT2D eigenvalue weighted by Crippen LogP contribution is -2.42. The smallest absolute Gasteiger partial charge is 0.267 e. The van der Waals surface area contributed by atoms with Crippen LogP contribution in [0.2, 0.25) is 5.02 Å². The summed E-state index contributed by atoms with van der Waals surface area (Å²) in [6, 6.07) is 12.0. The summed E-state index contributed by atoms with van der Waals surface area (Å²) in [5.41, 5.74) is 0.791. The number of ether oxygens (including phenoxy) is 1. The van der Waals surface area contributed by atoms with E-state index >= 15 is 0 Å². The Labute approximate surface area is 170 Å². The minimum Gasteiger partial charge on any atom is -0.478 e. The molecule has 1 saturated heterocycles. The van der Waals surface area contributed by atoms with Gasteiger partial charge in [-0.25, -0.2) is 8.42 Å². The molecule has 0 spiro atoms. The van der Waals surface area contributed by atoms with Crippen LogP contribution in [0.25, 0.3) is 0 Å². The van der Waals surface area contributed by atoms with Gasteiger partial charge in [-0.1, -0.05) is 17.7 Å². The Balaban J connectivity index is 1.79. The first-order valence-electron chi connectivity index (χ1n) is 8.96.